The summed E-state index contributed by atoms with van der Waals surface area (Å²) < 4.78 is 10.3. The molecule has 0 aliphatic heterocycles. The van der Waals surface area contributed by atoms with Gasteiger partial charge in [-0.1, -0.05) is 11.3 Å². The molecule has 0 spiro atoms. The maximum atomic E-state index is 5.40. The number of ether oxygens (including phenoxy) is 2. The number of nitrogen functional groups attached to an aromatic ring is 1. The van der Waals surface area contributed by atoms with Crippen LogP contribution in [0, 0.1) is 0 Å². The molecule has 0 aliphatic rings. The average Bonchev–Trinajstić information content (AvgIpc) is 2.65. The van der Waals surface area contributed by atoms with E-state index < -0.39 is 0 Å². The monoisotopic (exact) mass is 217 g/mol. The number of aromatic nitrogens is 1. The smallest absolute Gasteiger partial charge is 0.197 e. The second-order valence-corrected chi connectivity index (χ2v) is 3.79. The van der Waals surface area contributed by atoms with Crippen LogP contribution in [0.1, 0.15) is 11.3 Å². The number of hydrazine groups is 1. The van der Waals surface area contributed by atoms with Crippen LogP contribution in [0.4, 0.5) is 5.13 Å². The number of hydrogen-bond donors (Lipinski definition) is 2. The highest BCUT2D eigenvalue weighted by atomic mass is 32.1. The van der Waals surface area contributed by atoms with E-state index >= 15 is 0 Å². The molecule has 0 unspecified atom stereocenters. The lowest BCUT2D eigenvalue weighted by atomic mass is 10.5. The fraction of sp³-hybridized carbons (Fsp3) is 0.625. The van der Waals surface area contributed by atoms with Crippen LogP contribution >= 0.6 is 11.3 Å². The molecule has 6 heteroatoms. The summed E-state index contributed by atoms with van der Waals surface area (Å²) in [6.07, 6.45) is 2.67. The van der Waals surface area contributed by atoms with E-state index in [2.05, 4.69) is 10.4 Å². The molecule has 0 bridgehead atoms. The van der Waals surface area contributed by atoms with Gasteiger partial charge in [0.2, 0.25) is 0 Å². The van der Waals surface area contributed by atoms with Crippen LogP contribution in [0.25, 0.3) is 0 Å². The van der Waals surface area contributed by atoms with Gasteiger partial charge in [-0.2, -0.15) is 0 Å². The van der Waals surface area contributed by atoms with Crippen LogP contribution in [0.2, 0.25) is 0 Å². The van der Waals surface area contributed by atoms with Crippen molar-refractivity contribution < 1.29 is 9.47 Å². The number of nitrogens with two attached hydrogens (primary N) is 1. The molecule has 1 aromatic rings. The Balaban J connectivity index is 2.12. The Morgan fingerprint density at radius 2 is 2.43 bits per heavy atom. The zero-order valence-corrected chi connectivity index (χ0v) is 8.97. The molecule has 3 N–H and O–H groups in total. The highest BCUT2D eigenvalue weighted by Crippen LogP contribution is 2.17. The number of nitrogens with zero attached hydrogens (tertiary/aromatic N) is 1. The predicted octanol–water partition coefficient (Wildman–Crippen LogP) is 0.982. The zero-order chi connectivity index (χ0) is 10.2. The Labute approximate surface area is 87.2 Å². The summed E-state index contributed by atoms with van der Waals surface area (Å²) in [6, 6.07) is 0. The van der Waals surface area contributed by atoms with Gasteiger partial charge in [0.05, 0.1) is 11.5 Å². The molecule has 0 saturated heterocycles. The van der Waals surface area contributed by atoms with E-state index in [9.17, 15) is 0 Å². The van der Waals surface area contributed by atoms with Gasteiger partial charge in [0, 0.05) is 26.5 Å². The van der Waals surface area contributed by atoms with E-state index in [1.54, 1.807) is 13.3 Å². The van der Waals surface area contributed by atoms with E-state index in [-0.39, 0.29) is 0 Å². The minimum Gasteiger partial charge on any atom is -0.385 e. The quantitative estimate of drug-likeness (QED) is 0.405. The summed E-state index contributed by atoms with van der Waals surface area (Å²) in [5.74, 6) is 5.20. The van der Waals surface area contributed by atoms with Gasteiger partial charge in [0.15, 0.2) is 5.13 Å². The molecule has 5 nitrogen and oxygen atoms in total. The van der Waals surface area contributed by atoms with Gasteiger partial charge in [-0.15, -0.1) is 0 Å². The van der Waals surface area contributed by atoms with Crippen molar-refractivity contribution in [2.75, 3.05) is 25.7 Å². The largest absolute Gasteiger partial charge is 0.385 e. The number of thiazole rings is 1. The maximum Gasteiger partial charge on any atom is 0.197 e. The Bertz CT molecular complexity index is 254. The van der Waals surface area contributed by atoms with E-state index in [0.717, 1.165) is 17.9 Å². The minimum atomic E-state index is 0.586. The van der Waals surface area contributed by atoms with Gasteiger partial charge in [0.25, 0.3) is 0 Å². The van der Waals surface area contributed by atoms with Gasteiger partial charge in [-0.25, -0.2) is 10.8 Å². The highest BCUT2D eigenvalue weighted by Gasteiger charge is 1.99. The Kier molecular flexibility index (Phi) is 5.46. The van der Waals surface area contributed by atoms with Crippen LogP contribution in [-0.2, 0) is 16.1 Å². The summed E-state index contributed by atoms with van der Waals surface area (Å²) in [5, 5.41) is 0.709. The lowest BCUT2D eigenvalue weighted by Crippen LogP contribution is -2.05. The lowest BCUT2D eigenvalue weighted by Gasteiger charge is -2.00. The molecule has 1 rings (SSSR count). The normalized spacial score (nSPS) is 10.4. The van der Waals surface area contributed by atoms with Crippen molar-refractivity contribution in [3.8, 4) is 0 Å². The summed E-state index contributed by atoms with van der Waals surface area (Å²) in [7, 11) is 1.68. The van der Waals surface area contributed by atoms with Crippen molar-refractivity contribution in [2.45, 2.75) is 13.0 Å². The molecule has 14 heavy (non-hydrogen) atoms. The van der Waals surface area contributed by atoms with Gasteiger partial charge < -0.3 is 9.47 Å². The summed E-state index contributed by atoms with van der Waals surface area (Å²) >= 11 is 1.49. The van der Waals surface area contributed by atoms with Crippen molar-refractivity contribution in [3.05, 3.63) is 11.1 Å². The van der Waals surface area contributed by atoms with Crippen LogP contribution in [-0.4, -0.2) is 25.3 Å². The van der Waals surface area contributed by atoms with Gasteiger partial charge in [-0.05, 0) is 6.42 Å². The molecule has 0 atom stereocenters. The standard InChI is InChI=1S/C8H15N3O2S/c1-12-3-2-4-13-6-7-5-10-8(11-9)14-7/h5H,2-4,6,9H2,1H3,(H,10,11). The lowest BCUT2D eigenvalue weighted by molar-refractivity contribution is 0.0942. The third kappa shape index (κ3) is 4.01. The van der Waals surface area contributed by atoms with E-state index in [4.69, 9.17) is 15.3 Å². The third-order valence-electron chi connectivity index (χ3n) is 1.56. The predicted molar refractivity (Wildman–Crippen MR) is 56.1 cm³/mol. The van der Waals surface area contributed by atoms with Crippen molar-refractivity contribution in [1.29, 1.82) is 0 Å². The van der Waals surface area contributed by atoms with Gasteiger partial charge >= 0.3 is 0 Å². The minimum absolute atomic E-state index is 0.586. The molecule has 1 heterocycles. The van der Waals surface area contributed by atoms with E-state index in [0.29, 0.717) is 18.3 Å². The van der Waals surface area contributed by atoms with Crippen molar-refractivity contribution >= 4 is 16.5 Å². The fourth-order valence-corrected chi connectivity index (χ4v) is 1.58. The molecule has 0 fully saturated rings. The Morgan fingerprint density at radius 3 is 3.07 bits per heavy atom. The molecule has 0 aliphatic carbocycles. The van der Waals surface area contributed by atoms with Gasteiger partial charge in [-0.3, -0.25) is 5.43 Å². The highest BCUT2D eigenvalue weighted by molar-refractivity contribution is 7.15. The third-order valence-corrected chi connectivity index (χ3v) is 2.46. The molecular weight excluding hydrogens is 202 g/mol. The first-order valence-electron chi connectivity index (χ1n) is 4.35. The summed E-state index contributed by atoms with van der Waals surface area (Å²) in [6.45, 7) is 2.03. The molecule has 0 radical (unpaired) electrons. The molecule has 1 aromatic heterocycles. The van der Waals surface area contributed by atoms with E-state index in [1.165, 1.54) is 11.3 Å². The molecular formula is C8H15N3O2S. The number of nitrogens with one attached hydrogen (secondary N) is 1. The second-order valence-electron chi connectivity index (χ2n) is 2.68. The average molecular weight is 217 g/mol. The van der Waals surface area contributed by atoms with Crippen LogP contribution < -0.4 is 11.3 Å². The summed E-state index contributed by atoms with van der Waals surface area (Å²) in [4.78, 5) is 5.09. The first kappa shape index (κ1) is 11.4. The molecule has 0 saturated carbocycles. The maximum absolute atomic E-state index is 5.40. The first-order chi connectivity index (χ1) is 6.86. The van der Waals surface area contributed by atoms with E-state index in [1.807, 2.05) is 0 Å². The molecule has 80 valence electrons. The Morgan fingerprint density at radius 1 is 1.57 bits per heavy atom. The Hall–Kier alpha value is -0.690. The number of anilines is 1. The van der Waals surface area contributed by atoms with Gasteiger partial charge in [0.1, 0.15) is 0 Å². The molecule has 0 amide bonds. The number of rotatable bonds is 7. The first-order valence-corrected chi connectivity index (χ1v) is 5.16. The number of hydrogen-bond acceptors (Lipinski definition) is 6. The second kappa shape index (κ2) is 6.72. The topological polar surface area (TPSA) is 69.4 Å². The summed E-state index contributed by atoms with van der Waals surface area (Å²) in [5.41, 5.74) is 2.49. The fourth-order valence-electron chi connectivity index (χ4n) is 0.919. The van der Waals surface area contributed by atoms with Crippen molar-refractivity contribution in [3.63, 3.8) is 0 Å². The van der Waals surface area contributed by atoms with Crippen LogP contribution in [0.3, 0.4) is 0 Å². The number of methoxy groups -OCH3 is 1. The van der Waals surface area contributed by atoms with Crippen molar-refractivity contribution in [1.82, 2.24) is 4.98 Å². The van der Waals surface area contributed by atoms with Crippen LogP contribution in [0.5, 0.6) is 0 Å². The van der Waals surface area contributed by atoms with Crippen LogP contribution in [0.15, 0.2) is 6.20 Å². The zero-order valence-electron chi connectivity index (χ0n) is 8.16. The molecule has 0 aromatic carbocycles. The van der Waals surface area contributed by atoms with Crippen molar-refractivity contribution in [2.24, 2.45) is 5.84 Å². The SMILES string of the molecule is COCCCOCc1cnc(NN)s1.